The first-order chi connectivity index (χ1) is 9.79. The van der Waals surface area contributed by atoms with Gasteiger partial charge >= 0.3 is 0 Å². The smallest absolute Gasteiger partial charge is 0.266 e. The average molecular weight is 339 g/mol. The highest BCUT2D eigenvalue weighted by molar-refractivity contribution is 8.26. The molecule has 0 N–H and O–H groups in total. The van der Waals surface area contributed by atoms with Crippen LogP contribution >= 0.6 is 24.0 Å². The lowest BCUT2D eigenvalue weighted by Gasteiger charge is -2.09. The van der Waals surface area contributed by atoms with Crippen LogP contribution in [0.3, 0.4) is 0 Å². The highest BCUT2D eigenvalue weighted by Gasteiger charge is 2.32. The summed E-state index contributed by atoms with van der Waals surface area (Å²) in [5, 5.41) is 0. The fourth-order valence-corrected chi connectivity index (χ4v) is 3.02. The minimum atomic E-state index is -2.25. The Morgan fingerprint density at radius 3 is 1.95 bits per heavy atom. The second kappa shape index (κ2) is 5.72. The summed E-state index contributed by atoms with van der Waals surface area (Å²) in [6.45, 7) is 1.87. The third kappa shape index (κ3) is 2.55. The predicted octanol–water partition coefficient (Wildman–Crippen LogP) is 3.60. The highest BCUT2D eigenvalue weighted by atomic mass is 32.2. The number of carbonyl (C=O) groups is 1. The SMILES string of the molecule is CCN1C(=O)C(=Cc2c(F)c(F)c(F)c(F)c2F)SC1=S. The summed E-state index contributed by atoms with van der Waals surface area (Å²) in [6, 6.07) is 0. The van der Waals surface area contributed by atoms with Crippen molar-refractivity contribution in [3.8, 4) is 0 Å². The summed E-state index contributed by atoms with van der Waals surface area (Å²) < 4.78 is 66.3. The maximum Gasteiger partial charge on any atom is 0.266 e. The lowest BCUT2D eigenvalue weighted by atomic mass is 10.1. The molecule has 2 nitrogen and oxygen atoms in total. The summed E-state index contributed by atoms with van der Waals surface area (Å²) >= 11 is 5.61. The molecule has 0 unspecified atom stereocenters. The molecule has 112 valence electrons. The van der Waals surface area contributed by atoms with E-state index in [1.165, 1.54) is 0 Å². The van der Waals surface area contributed by atoms with Crippen LogP contribution in [0.4, 0.5) is 22.0 Å². The van der Waals surface area contributed by atoms with E-state index in [9.17, 15) is 26.7 Å². The van der Waals surface area contributed by atoms with Crippen molar-refractivity contribution >= 4 is 40.3 Å². The molecule has 9 heteroatoms. The van der Waals surface area contributed by atoms with Gasteiger partial charge in [0.1, 0.15) is 4.32 Å². The van der Waals surface area contributed by atoms with E-state index in [-0.39, 0.29) is 15.8 Å². The number of thioether (sulfide) groups is 1. The summed E-state index contributed by atoms with van der Waals surface area (Å²) in [4.78, 5) is 12.8. The predicted molar refractivity (Wildman–Crippen MR) is 71.8 cm³/mol. The molecule has 1 fully saturated rings. The number of nitrogens with zero attached hydrogens (tertiary/aromatic N) is 1. The minimum Gasteiger partial charge on any atom is -0.293 e. The Hall–Kier alpha value is -1.48. The molecule has 1 aromatic rings. The number of halogens is 5. The van der Waals surface area contributed by atoms with Crippen molar-refractivity contribution in [2.24, 2.45) is 0 Å². The number of amides is 1. The van der Waals surface area contributed by atoms with E-state index in [0.717, 1.165) is 16.7 Å². The zero-order valence-electron chi connectivity index (χ0n) is 10.3. The molecule has 1 aliphatic heterocycles. The minimum absolute atomic E-state index is 0.151. The third-order valence-corrected chi connectivity index (χ3v) is 4.09. The van der Waals surface area contributed by atoms with Gasteiger partial charge in [0.2, 0.25) is 5.82 Å². The van der Waals surface area contributed by atoms with Crippen LogP contribution in [0.1, 0.15) is 12.5 Å². The van der Waals surface area contributed by atoms with Crippen molar-refractivity contribution in [1.29, 1.82) is 0 Å². The Morgan fingerprint density at radius 2 is 1.52 bits per heavy atom. The van der Waals surface area contributed by atoms with Crippen LogP contribution < -0.4 is 0 Å². The number of benzene rings is 1. The Kier molecular flexibility index (Phi) is 4.33. The first-order valence-corrected chi connectivity index (χ1v) is 6.78. The van der Waals surface area contributed by atoms with E-state index < -0.39 is 40.6 Å². The summed E-state index contributed by atoms with van der Waals surface area (Å²) in [5.74, 6) is -11.0. The normalized spacial score (nSPS) is 17.2. The van der Waals surface area contributed by atoms with Gasteiger partial charge in [0.25, 0.3) is 5.91 Å². The van der Waals surface area contributed by atoms with Gasteiger partial charge < -0.3 is 0 Å². The van der Waals surface area contributed by atoms with Gasteiger partial charge in [0, 0.05) is 6.54 Å². The van der Waals surface area contributed by atoms with E-state index in [0.29, 0.717) is 6.08 Å². The zero-order chi connectivity index (χ0) is 15.9. The van der Waals surface area contributed by atoms with E-state index in [4.69, 9.17) is 12.2 Å². The monoisotopic (exact) mass is 339 g/mol. The topological polar surface area (TPSA) is 20.3 Å². The van der Waals surface area contributed by atoms with Crippen molar-refractivity contribution in [2.45, 2.75) is 6.92 Å². The van der Waals surface area contributed by atoms with E-state index in [2.05, 4.69) is 0 Å². The molecule has 1 saturated heterocycles. The third-order valence-electron chi connectivity index (χ3n) is 2.71. The summed E-state index contributed by atoms with van der Waals surface area (Å²) in [5.41, 5.74) is -1.16. The van der Waals surface area contributed by atoms with Crippen molar-refractivity contribution in [1.82, 2.24) is 4.90 Å². The largest absolute Gasteiger partial charge is 0.293 e. The maximum absolute atomic E-state index is 13.5. The fraction of sp³-hybridized carbons (Fsp3) is 0.167. The van der Waals surface area contributed by atoms with Crippen LogP contribution in [-0.4, -0.2) is 21.7 Å². The van der Waals surface area contributed by atoms with Gasteiger partial charge in [0.05, 0.1) is 10.5 Å². The molecule has 1 amide bonds. The number of hydrogen-bond acceptors (Lipinski definition) is 3. The van der Waals surface area contributed by atoms with E-state index >= 15 is 0 Å². The second-order valence-corrected chi connectivity index (χ2v) is 5.59. The van der Waals surface area contributed by atoms with Gasteiger partial charge in [-0.25, -0.2) is 22.0 Å². The van der Waals surface area contributed by atoms with Gasteiger partial charge in [-0.1, -0.05) is 24.0 Å². The number of hydrogen-bond donors (Lipinski definition) is 0. The summed E-state index contributed by atoms with van der Waals surface area (Å²) in [7, 11) is 0. The zero-order valence-corrected chi connectivity index (χ0v) is 12.0. The number of rotatable bonds is 2. The number of likely N-dealkylation sites (N-methyl/N-ethyl adjacent to an activating group) is 1. The van der Waals surface area contributed by atoms with E-state index in [1.807, 2.05) is 0 Å². The van der Waals surface area contributed by atoms with Crippen molar-refractivity contribution in [2.75, 3.05) is 6.54 Å². The van der Waals surface area contributed by atoms with Crippen LogP contribution in [0.25, 0.3) is 6.08 Å². The molecule has 0 aromatic heterocycles. The van der Waals surface area contributed by atoms with E-state index in [1.54, 1.807) is 6.92 Å². The number of carbonyl (C=O) groups excluding carboxylic acids is 1. The fourth-order valence-electron chi connectivity index (χ4n) is 1.65. The molecule has 0 radical (unpaired) electrons. The molecule has 2 rings (SSSR count). The average Bonchev–Trinajstić information content (AvgIpc) is 2.73. The van der Waals surface area contributed by atoms with Gasteiger partial charge in [-0.15, -0.1) is 0 Å². The maximum atomic E-state index is 13.5. The molecular weight excluding hydrogens is 333 g/mol. The summed E-state index contributed by atoms with van der Waals surface area (Å²) in [6.07, 6.45) is 0.616. The molecule has 0 aliphatic carbocycles. The molecule has 0 saturated carbocycles. The molecular formula is C12H6F5NOS2. The Bertz CT molecular complexity index is 660. The van der Waals surface area contributed by atoms with Crippen molar-refractivity contribution < 1.29 is 26.7 Å². The van der Waals surface area contributed by atoms with Gasteiger partial charge in [-0.05, 0) is 13.0 Å². The lowest BCUT2D eigenvalue weighted by Crippen LogP contribution is -2.27. The molecule has 0 bridgehead atoms. The van der Waals surface area contributed by atoms with Gasteiger partial charge in [0.15, 0.2) is 23.3 Å². The Balaban J connectivity index is 2.57. The molecule has 1 aromatic carbocycles. The quantitative estimate of drug-likeness (QED) is 0.270. The van der Waals surface area contributed by atoms with Crippen molar-refractivity contribution in [3.63, 3.8) is 0 Å². The highest BCUT2D eigenvalue weighted by Crippen LogP contribution is 2.34. The second-order valence-electron chi connectivity index (χ2n) is 3.91. The van der Waals surface area contributed by atoms with Crippen LogP contribution in [0.15, 0.2) is 4.91 Å². The van der Waals surface area contributed by atoms with Crippen LogP contribution in [0.5, 0.6) is 0 Å². The lowest BCUT2D eigenvalue weighted by molar-refractivity contribution is -0.121. The van der Waals surface area contributed by atoms with Gasteiger partial charge in [-0.3, -0.25) is 9.69 Å². The molecule has 1 aliphatic rings. The Morgan fingerprint density at radius 1 is 1.05 bits per heavy atom. The Labute approximate surface area is 125 Å². The standard InChI is InChI=1S/C12H6F5NOS2/c1-2-18-11(19)5(21-12(18)20)3-4-6(13)8(15)10(17)9(16)7(4)14/h3H,2H2,1H3. The molecule has 0 spiro atoms. The molecule has 21 heavy (non-hydrogen) atoms. The van der Waals surface area contributed by atoms with Crippen LogP contribution in [0.2, 0.25) is 0 Å². The van der Waals surface area contributed by atoms with Crippen LogP contribution in [0, 0.1) is 29.1 Å². The van der Waals surface area contributed by atoms with Crippen molar-refractivity contribution in [3.05, 3.63) is 39.6 Å². The van der Waals surface area contributed by atoms with Gasteiger partial charge in [-0.2, -0.15) is 0 Å². The van der Waals surface area contributed by atoms with Crippen LogP contribution in [-0.2, 0) is 4.79 Å². The first-order valence-electron chi connectivity index (χ1n) is 5.56. The molecule has 0 atom stereocenters. The molecule has 1 heterocycles. The number of thiocarbonyl (C=S) groups is 1. The first kappa shape index (κ1) is 15.9.